The van der Waals surface area contributed by atoms with Gasteiger partial charge in [-0.3, -0.25) is 4.99 Å². The molecule has 0 aliphatic heterocycles. The Morgan fingerprint density at radius 3 is 2.30 bits per heavy atom. The molecule has 0 radical (unpaired) electrons. The molecule has 0 spiro atoms. The van der Waals surface area contributed by atoms with Crippen LogP contribution < -0.4 is 10.6 Å². The molecule has 0 heterocycles. The summed E-state index contributed by atoms with van der Waals surface area (Å²) in [5.41, 5.74) is 0. The van der Waals surface area contributed by atoms with Crippen molar-refractivity contribution in [2.24, 2.45) is 10.9 Å². The van der Waals surface area contributed by atoms with Gasteiger partial charge in [-0.2, -0.15) is 0 Å². The van der Waals surface area contributed by atoms with Gasteiger partial charge < -0.3 is 20.1 Å². The molecule has 0 aliphatic rings. The molecule has 0 saturated heterocycles. The zero-order valence-corrected chi connectivity index (χ0v) is 17.9. The molecule has 0 amide bonds. The Kier molecular flexibility index (Phi) is 21.8. The number of nitrogens with zero attached hydrogens (tertiary/aromatic N) is 1. The van der Waals surface area contributed by atoms with E-state index in [2.05, 4.69) is 43.3 Å². The van der Waals surface area contributed by atoms with Gasteiger partial charge in [0, 0.05) is 46.1 Å². The van der Waals surface area contributed by atoms with Crippen LogP contribution in [0.25, 0.3) is 0 Å². The Morgan fingerprint density at radius 1 is 0.957 bits per heavy atom. The zero-order valence-electron chi connectivity index (χ0n) is 15.5. The van der Waals surface area contributed by atoms with Crippen molar-refractivity contribution in [2.45, 2.75) is 53.4 Å². The quantitative estimate of drug-likeness (QED) is 0.187. The number of nitrogens with one attached hydrogen (secondary N) is 2. The molecule has 0 aromatic heterocycles. The van der Waals surface area contributed by atoms with E-state index in [1.807, 2.05) is 0 Å². The van der Waals surface area contributed by atoms with E-state index in [1.165, 1.54) is 6.42 Å². The van der Waals surface area contributed by atoms with Gasteiger partial charge in [-0.15, -0.1) is 24.0 Å². The number of aliphatic imine (C=N–C) groups is 1. The predicted octanol–water partition coefficient (Wildman–Crippen LogP) is 3.43. The summed E-state index contributed by atoms with van der Waals surface area (Å²) in [5.74, 6) is 1.49. The van der Waals surface area contributed by atoms with Crippen LogP contribution in [0.5, 0.6) is 0 Å². The van der Waals surface area contributed by atoms with Crippen LogP contribution in [0.1, 0.15) is 53.4 Å². The van der Waals surface area contributed by atoms with Crippen molar-refractivity contribution in [1.29, 1.82) is 0 Å². The lowest BCUT2D eigenvalue weighted by Gasteiger charge is -2.11. The fraction of sp³-hybridized carbons (Fsp3) is 0.941. The third-order valence-electron chi connectivity index (χ3n) is 2.91. The summed E-state index contributed by atoms with van der Waals surface area (Å²) in [6.07, 6.45) is 4.31. The van der Waals surface area contributed by atoms with Gasteiger partial charge in [-0.25, -0.2) is 0 Å². The summed E-state index contributed by atoms with van der Waals surface area (Å²) < 4.78 is 11.1. The van der Waals surface area contributed by atoms with Gasteiger partial charge in [-0.1, -0.05) is 27.2 Å². The van der Waals surface area contributed by atoms with Crippen molar-refractivity contribution in [1.82, 2.24) is 10.6 Å². The van der Waals surface area contributed by atoms with Crippen LogP contribution in [0.2, 0.25) is 0 Å². The van der Waals surface area contributed by atoms with Crippen molar-refractivity contribution in [3.05, 3.63) is 0 Å². The largest absolute Gasteiger partial charge is 0.381 e. The van der Waals surface area contributed by atoms with Crippen molar-refractivity contribution < 1.29 is 9.47 Å². The van der Waals surface area contributed by atoms with Crippen LogP contribution in [0.15, 0.2) is 4.99 Å². The Hall–Kier alpha value is -0.0800. The van der Waals surface area contributed by atoms with Crippen LogP contribution in [0.3, 0.4) is 0 Å². The summed E-state index contributed by atoms with van der Waals surface area (Å²) in [6, 6.07) is 0. The Balaban J connectivity index is 0. The van der Waals surface area contributed by atoms with E-state index in [9.17, 15) is 0 Å². The zero-order chi connectivity index (χ0) is 16.5. The Morgan fingerprint density at radius 2 is 1.65 bits per heavy atom. The van der Waals surface area contributed by atoms with Crippen molar-refractivity contribution in [3.8, 4) is 0 Å². The summed E-state index contributed by atoms with van der Waals surface area (Å²) in [4.78, 5) is 4.55. The topological polar surface area (TPSA) is 54.9 Å². The van der Waals surface area contributed by atoms with Crippen LogP contribution in [0.4, 0.5) is 0 Å². The highest BCUT2D eigenvalue weighted by molar-refractivity contribution is 14.0. The Bertz CT molecular complexity index is 264. The van der Waals surface area contributed by atoms with Gasteiger partial charge in [0.2, 0.25) is 0 Å². The van der Waals surface area contributed by atoms with Crippen LogP contribution in [0, 0.1) is 5.92 Å². The molecule has 0 aromatic carbocycles. The van der Waals surface area contributed by atoms with Gasteiger partial charge in [0.15, 0.2) is 5.96 Å². The van der Waals surface area contributed by atoms with E-state index in [1.54, 1.807) is 0 Å². The first-order valence-corrected chi connectivity index (χ1v) is 8.88. The normalized spacial score (nSPS) is 11.4. The molecule has 2 N–H and O–H groups in total. The molecule has 0 rings (SSSR count). The third-order valence-corrected chi connectivity index (χ3v) is 2.91. The molecular weight excluding hydrogens is 405 g/mol. The maximum atomic E-state index is 5.56. The molecule has 23 heavy (non-hydrogen) atoms. The second-order valence-electron chi connectivity index (χ2n) is 5.83. The minimum Gasteiger partial charge on any atom is -0.381 e. The third kappa shape index (κ3) is 19.9. The maximum absolute atomic E-state index is 5.56. The molecule has 0 aromatic rings. The minimum atomic E-state index is 0. The number of hydrogen-bond acceptors (Lipinski definition) is 3. The summed E-state index contributed by atoms with van der Waals surface area (Å²) in [6.45, 7) is 14.5. The second kappa shape index (κ2) is 20.0. The highest BCUT2D eigenvalue weighted by Gasteiger charge is 1.97. The van der Waals surface area contributed by atoms with Gasteiger partial charge >= 0.3 is 0 Å². The van der Waals surface area contributed by atoms with Crippen molar-refractivity contribution >= 4 is 29.9 Å². The summed E-state index contributed by atoms with van der Waals surface area (Å²) in [5, 5.41) is 6.60. The second-order valence-corrected chi connectivity index (χ2v) is 5.83. The van der Waals surface area contributed by atoms with Crippen LogP contribution in [-0.4, -0.2) is 52.0 Å². The first-order valence-electron chi connectivity index (χ1n) is 8.88. The monoisotopic (exact) mass is 443 g/mol. The molecule has 0 fully saturated rings. The van der Waals surface area contributed by atoms with E-state index in [4.69, 9.17) is 9.47 Å². The molecule has 0 atom stereocenters. The van der Waals surface area contributed by atoms with E-state index in [0.29, 0.717) is 5.92 Å². The lowest BCUT2D eigenvalue weighted by molar-refractivity contribution is 0.109. The number of halogens is 1. The number of guanidine groups is 1. The molecule has 140 valence electrons. The van der Waals surface area contributed by atoms with Crippen molar-refractivity contribution in [2.75, 3.05) is 46.1 Å². The van der Waals surface area contributed by atoms with Crippen molar-refractivity contribution in [3.63, 3.8) is 0 Å². The van der Waals surface area contributed by atoms with Crippen LogP contribution in [-0.2, 0) is 9.47 Å². The highest BCUT2D eigenvalue weighted by atomic mass is 127. The highest BCUT2D eigenvalue weighted by Crippen LogP contribution is 1.94. The fourth-order valence-corrected chi connectivity index (χ4v) is 1.75. The fourth-order valence-electron chi connectivity index (χ4n) is 1.75. The van der Waals surface area contributed by atoms with E-state index in [-0.39, 0.29) is 24.0 Å². The average molecular weight is 443 g/mol. The van der Waals surface area contributed by atoms with E-state index >= 15 is 0 Å². The summed E-state index contributed by atoms with van der Waals surface area (Å²) >= 11 is 0. The number of rotatable bonds is 14. The lowest BCUT2D eigenvalue weighted by Crippen LogP contribution is -2.38. The minimum absolute atomic E-state index is 0. The molecule has 0 unspecified atom stereocenters. The Labute approximate surface area is 160 Å². The number of hydrogen-bond donors (Lipinski definition) is 2. The molecule has 5 nitrogen and oxygen atoms in total. The van der Waals surface area contributed by atoms with Crippen LogP contribution >= 0.6 is 24.0 Å². The smallest absolute Gasteiger partial charge is 0.191 e. The maximum Gasteiger partial charge on any atom is 0.191 e. The first kappa shape index (κ1) is 25.2. The number of unbranched alkanes of at least 4 members (excludes halogenated alkanes) is 1. The van der Waals surface area contributed by atoms with Gasteiger partial charge in [0.25, 0.3) is 0 Å². The molecule has 0 saturated carbocycles. The number of ether oxygens (including phenoxy) is 2. The SMILES string of the molecule is CCCCOCCCNC(=NCCCOCC(C)C)NCC.I. The first-order chi connectivity index (χ1) is 10.7. The van der Waals surface area contributed by atoms with Gasteiger partial charge in [0.1, 0.15) is 0 Å². The van der Waals surface area contributed by atoms with E-state index < -0.39 is 0 Å². The predicted molar refractivity (Wildman–Crippen MR) is 110 cm³/mol. The molecule has 0 bridgehead atoms. The molecular formula is C17H38IN3O2. The molecule has 6 heteroatoms. The summed E-state index contributed by atoms with van der Waals surface area (Å²) in [7, 11) is 0. The van der Waals surface area contributed by atoms with E-state index in [0.717, 1.165) is 71.3 Å². The lowest BCUT2D eigenvalue weighted by atomic mass is 10.2. The molecule has 0 aliphatic carbocycles. The van der Waals surface area contributed by atoms with Gasteiger partial charge in [0.05, 0.1) is 0 Å². The standard InChI is InChI=1S/C17H37N3O2.HI/c1-5-7-12-21-13-8-10-19-17(18-6-2)20-11-9-14-22-15-16(3)4;/h16H,5-15H2,1-4H3,(H2,18,19,20);1H. The van der Waals surface area contributed by atoms with Gasteiger partial charge in [-0.05, 0) is 32.1 Å². The average Bonchev–Trinajstić information content (AvgIpc) is 2.49.